The van der Waals surface area contributed by atoms with E-state index in [2.05, 4.69) is 10.3 Å². The number of aromatic nitrogens is 1. The van der Waals surface area contributed by atoms with Gasteiger partial charge in [0, 0.05) is 24.5 Å². The number of benzene rings is 1. The normalized spacial score (nSPS) is 12.4. The zero-order valence-corrected chi connectivity index (χ0v) is 11.8. The Morgan fingerprint density at radius 3 is 2.60 bits per heavy atom. The van der Waals surface area contributed by atoms with Crippen LogP contribution in [0.3, 0.4) is 0 Å². The molecule has 2 nitrogen and oxygen atoms in total. The molecule has 1 aromatic heterocycles. The van der Waals surface area contributed by atoms with Crippen molar-refractivity contribution in [1.29, 1.82) is 0 Å². The van der Waals surface area contributed by atoms with Gasteiger partial charge in [0.2, 0.25) is 0 Å². The molecule has 2 aromatic rings. The minimum atomic E-state index is -0.565. The van der Waals surface area contributed by atoms with E-state index in [1.807, 2.05) is 6.07 Å². The van der Waals surface area contributed by atoms with E-state index in [-0.39, 0.29) is 6.04 Å². The molecule has 0 saturated carbocycles. The Morgan fingerprint density at radius 2 is 1.95 bits per heavy atom. The highest BCUT2D eigenvalue weighted by Gasteiger charge is 2.13. The summed E-state index contributed by atoms with van der Waals surface area (Å²) in [5.74, 6) is -1.09. The zero-order chi connectivity index (χ0) is 14.5. The van der Waals surface area contributed by atoms with E-state index in [0.29, 0.717) is 23.4 Å². The van der Waals surface area contributed by atoms with Crippen molar-refractivity contribution >= 4 is 11.6 Å². The second kappa shape index (κ2) is 6.77. The van der Waals surface area contributed by atoms with Gasteiger partial charge in [0.05, 0.1) is 5.02 Å². The molecule has 0 aliphatic carbocycles. The molecule has 0 saturated heterocycles. The van der Waals surface area contributed by atoms with Gasteiger partial charge in [0.25, 0.3) is 0 Å². The summed E-state index contributed by atoms with van der Waals surface area (Å²) in [6.45, 7) is 0. The predicted octanol–water partition coefficient (Wildman–Crippen LogP) is 3.39. The number of nitrogens with one attached hydrogen (secondary N) is 1. The first-order valence-electron chi connectivity index (χ1n) is 6.29. The lowest BCUT2D eigenvalue weighted by atomic mass is 9.99. The molecule has 0 radical (unpaired) electrons. The van der Waals surface area contributed by atoms with Crippen molar-refractivity contribution < 1.29 is 8.78 Å². The van der Waals surface area contributed by atoms with E-state index in [1.165, 1.54) is 12.1 Å². The first-order valence-corrected chi connectivity index (χ1v) is 6.67. The summed E-state index contributed by atoms with van der Waals surface area (Å²) in [5, 5.41) is 3.72. The Kier molecular flexibility index (Phi) is 5.04. The van der Waals surface area contributed by atoms with Gasteiger partial charge in [-0.2, -0.15) is 0 Å². The lowest BCUT2D eigenvalue weighted by molar-refractivity contribution is 0.524. The Balaban J connectivity index is 2.11. The number of halogens is 3. The van der Waals surface area contributed by atoms with Crippen LogP contribution in [-0.4, -0.2) is 18.1 Å². The summed E-state index contributed by atoms with van der Waals surface area (Å²) in [6, 6.07) is 5.50. The fourth-order valence-electron chi connectivity index (χ4n) is 2.06. The zero-order valence-electron chi connectivity index (χ0n) is 11.0. The van der Waals surface area contributed by atoms with Crippen LogP contribution in [0.5, 0.6) is 0 Å². The Bertz CT molecular complexity index is 590. The average Bonchev–Trinajstić information content (AvgIpc) is 2.43. The van der Waals surface area contributed by atoms with Gasteiger partial charge in [-0.15, -0.1) is 0 Å². The molecule has 1 heterocycles. The summed E-state index contributed by atoms with van der Waals surface area (Å²) < 4.78 is 26.5. The van der Waals surface area contributed by atoms with Crippen LogP contribution < -0.4 is 5.32 Å². The summed E-state index contributed by atoms with van der Waals surface area (Å²) >= 11 is 6.07. The number of hydrogen-bond acceptors (Lipinski definition) is 2. The van der Waals surface area contributed by atoms with Crippen molar-refractivity contribution in [3.05, 3.63) is 64.4 Å². The fraction of sp³-hybridized carbons (Fsp3) is 0.267. The van der Waals surface area contributed by atoms with Gasteiger partial charge in [-0.05, 0) is 43.1 Å². The number of hydrogen-bond donors (Lipinski definition) is 1. The molecule has 5 heteroatoms. The SMILES string of the molecule is CNC(Cc1ccc(F)cc1F)Cc1ccncc1Cl. The highest BCUT2D eigenvalue weighted by molar-refractivity contribution is 6.31. The second-order valence-electron chi connectivity index (χ2n) is 4.60. The molecule has 1 unspecified atom stereocenters. The maximum Gasteiger partial charge on any atom is 0.129 e. The van der Waals surface area contributed by atoms with Crippen LogP contribution in [0.4, 0.5) is 8.78 Å². The van der Waals surface area contributed by atoms with Crippen LogP contribution in [0.15, 0.2) is 36.7 Å². The van der Waals surface area contributed by atoms with Crippen molar-refractivity contribution in [3.63, 3.8) is 0 Å². The molecule has 2 rings (SSSR count). The molecular weight excluding hydrogens is 282 g/mol. The van der Waals surface area contributed by atoms with E-state index in [0.717, 1.165) is 11.6 Å². The smallest absolute Gasteiger partial charge is 0.129 e. The standard InChI is InChI=1S/C15H15ClF2N2/c1-19-13(6-10-4-5-20-9-14(10)16)7-11-2-3-12(17)8-15(11)18/h2-5,8-9,13,19H,6-7H2,1H3. The van der Waals surface area contributed by atoms with E-state index in [1.54, 1.807) is 19.4 Å². The van der Waals surface area contributed by atoms with Gasteiger partial charge in [0.15, 0.2) is 0 Å². The molecule has 20 heavy (non-hydrogen) atoms. The molecule has 1 aromatic carbocycles. The number of likely N-dealkylation sites (N-methyl/N-ethyl adjacent to an activating group) is 1. The summed E-state index contributed by atoms with van der Waals surface area (Å²) in [5.41, 5.74) is 1.43. The van der Waals surface area contributed by atoms with Crippen molar-refractivity contribution in [2.45, 2.75) is 18.9 Å². The molecule has 0 bridgehead atoms. The van der Waals surface area contributed by atoms with Gasteiger partial charge in [0.1, 0.15) is 11.6 Å². The number of nitrogens with zero attached hydrogens (tertiary/aromatic N) is 1. The van der Waals surface area contributed by atoms with Crippen molar-refractivity contribution in [2.75, 3.05) is 7.05 Å². The Morgan fingerprint density at radius 1 is 1.20 bits per heavy atom. The van der Waals surface area contributed by atoms with Crippen molar-refractivity contribution in [1.82, 2.24) is 10.3 Å². The second-order valence-corrected chi connectivity index (χ2v) is 5.00. The highest BCUT2D eigenvalue weighted by Crippen LogP contribution is 2.18. The molecular formula is C15H15ClF2N2. The topological polar surface area (TPSA) is 24.9 Å². The minimum Gasteiger partial charge on any atom is -0.316 e. The third kappa shape index (κ3) is 3.74. The molecule has 1 N–H and O–H groups in total. The monoisotopic (exact) mass is 296 g/mol. The average molecular weight is 297 g/mol. The quantitative estimate of drug-likeness (QED) is 0.915. The van der Waals surface area contributed by atoms with Crippen molar-refractivity contribution in [3.8, 4) is 0 Å². The minimum absolute atomic E-state index is 0.00913. The number of rotatable bonds is 5. The molecule has 106 valence electrons. The predicted molar refractivity (Wildman–Crippen MR) is 75.9 cm³/mol. The van der Waals surface area contributed by atoms with E-state index in [9.17, 15) is 8.78 Å². The highest BCUT2D eigenvalue weighted by atomic mass is 35.5. The van der Waals surface area contributed by atoms with Crippen LogP contribution >= 0.6 is 11.6 Å². The largest absolute Gasteiger partial charge is 0.316 e. The summed E-state index contributed by atoms with van der Waals surface area (Å²) in [4.78, 5) is 3.93. The third-order valence-corrected chi connectivity index (χ3v) is 3.55. The lowest BCUT2D eigenvalue weighted by Gasteiger charge is -2.17. The van der Waals surface area contributed by atoms with Gasteiger partial charge >= 0.3 is 0 Å². The Hall–Kier alpha value is -1.52. The van der Waals surface area contributed by atoms with Crippen molar-refractivity contribution in [2.24, 2.45) is 0 Å². The summed E-state index contributed by atoms with van der Waals surface area (Å²) in [7, 11) is 1.81. The molecule has 0 aliphatic rings. The Labute approximate surface area is 121 Å². The van der Waals surface area contributed by atoms with E-state index in [4.69, 9.17) is 11.6 Å². The first-order chi connectivity index (χ1) is 9.60. The van der Waals surface area contributed by atoms with Crippen LogP contribution in [-0.2, 0) is 12.8 Å². The molecule has 0 fully saturated rings. The molecule has 0 spiro atoms. The first kappa shape index (κ1) is 14.9. The van der Waals surface area contributed by atoms with E-state index < -0.39 is 11.6 Å². The van der Waals surface area contributed by atoms with Gasteiger partial charge in [-0.1, -0.05) is 17.7 Å². The van der Waals surface area contributed by atoms with Gasteiger partial charge in [-0.25, -0.2) is 8.78 Å². The van der Waals surface area contributed by atoms with Crippen LogP contribution in [0.2, 0.25) is 5.02 Å². The molecule has 0 amide bonds. The maximum atomic E-state index is 13.7. The van der Waals surface area contributed by atoms with E-state index >= 15 is 0 Å². The number of pyridine rings is 1. The van der Waals surface area contributed by atoms with Crippen LogP contribution in [0.1, 0.15) is 11.1 Å². The van der Waals surface area contributed by atoms with Gasteiger partial charge in [-0.3, -0.25) is 4.98 Å². The molecule has 0 aliphatic heterocycles. The molecule has 1 atom stereocenters. The lowest BCUT2D eigenvalue weighted by Crippen LogP contribution is -2.30. The fourth-order valence-corrected chi connectivity index (χ4v) is 2.26. The maximum absolute atomic E-state index is 13.7. The van der Waals surface area contributed by atoms with Crippen LogP contribution in [0.25, 0.3) is 0 Å². The van der Waals surface area contributed by atoms with Crippen LogP contribution in [0, 0.1) is 11.6 Å². The third-order valence-electron chi connectivity index (χ3n) is 3.21. The summed E-state index contributed by atoms with van der Waals surface area (Å²) in [6.07, 6.45) is 4.37. The van der Waals surface area contributed by atoms with Gasteiger partial charge < -0.3 is 5.32 Å².